The SMILES string of the molecule is CN(C)C(=O)c1cccc(C(O)C(O)C#N)c1. The van der Waals surface area contributed by atoms with Crippen LogP contribution in [-0.2, 0) is 0 Å². The van der Waals surface area contributed by atoms with Crippen LogP contribution in [0, 0.1) is 11.3 Å². The van der Waals surface area contributed by atoms with Crippen molar-refractivity contribution in [3.05, 3.63) is 35.4 Å². The molecule has 5 nitrogen and oxygen atoms in total. The maximum atomic E-state index is 11.7. The fraction of sp³-hybridized carbons (Fsp3) is 0.333. The van der Waals surface area contributed by atoms with Crippen LogP contribution in [0.5, 0.6) is 0 Å². The van der Waals surface area contributed by atoms with E-state index in [2.05, 4.69) is 0 Å². The summed E-state index contributed by atoms with van der Waals surface area (Å²) in [5, 5.41) is 27.3. The minimum atomic E-state index is -1.50. The number of nitriles is 1. The van der Waals surface area contributed by atoms with E-state index in [0.29, 0.717) is 11.1 Å². The molecule has 5 heteroatoms. The summed E-state index contributed by atoms with van der Waals surface area (Å²) < 4.78 is 0. The summed E-state index contributed by atoms with van der Waals surface area (Å²) >= 11 is 0. The predicted octanol–water partition coefficient (Wildman–Crippen LogP) is 0.306. The van der Waals surface area contributed by atoms with Gasteiger partial charge in [0.25, 0.3) is 5.91 Å². The molecule has 0 bridgehead atoms. The molecule has 2 N–H and O–H groups in total. The molecule has 17 heavy (non-hydrogen) atoms. The van der Waals surface area contributed by atoms with Crippen LogP contribution in [-0.4, -0.2) is 41.2 Å². The normalized spacial score (nSPS) is 13.6. The quantitative estimate of drug-likeness (QED) is 0.737. The summed E-state index contributed by atoms with van der Waals surface area (Å²) in [6, 6.07) is 7.77. The van der Waals surface area contributed by atoms with Crippen LogP contribution >= 0.6 is 0 Å². The number of hydrogen-bond donors (Lipinski definition) is 2. The van der Waals surface area contributed by atoms with Gasteiger partial charge in [0.05, 0.1) is 6.07 Å². The molecule has 0 aliphatic carbocycles. The van der Waals surface area contributed by atoms with E-state index in [9.17, 15) is 15.0 Å². The molecule has 2 atom stereocenters. The van der Waals surface area contributed by atoms with Gasteiger partial charge in [-0.3, -0.25) is 4.79 Å². The monoisotopic (exact) mass is 234 g/mol. The molecule has 0 saturated carbocycles. The highest BCUT2D eigenvalue weighted by atomic mass is 16.3. The number of amides is 1. The molecule has 1 amide bonds. The van der Waals surface area contributed by atoms with E-state index in [1.807, 2.05) is 0 Å². The van der Waals surface area contributed by atoms with Crippen molar-refractivity contribution in [1.82, 2.24) is 4.90 Å². The Morgan fingerprint density at radius 1 is 1.41 bits per heavy atom. The maximum absolute atomic E-state index is 11.7. The summed E-state index contributed by atoms with van der Waals surface area (Å²) in [4.78, 5) is 13.1. The van der Waals surface area contributed by atoms with E-state index in [1.54, 1.807) is 38.4 Å². The number of hydrogen-bond acceptors (Lipinski definition) is 4. The average molecular weight is 234 g/mol. The highest BCUT2D eigenvalue weighted by molar-refractivity contribution is 5.94. The molecule has 1 aromatic rings. The van der Waals surface area contributed by atoms with Gasteiger partial charge in [0.1, 0.15) is 6.10 Å². The van der Waals surface area contributed by atoms with Crippen molar-refractivity contribution in [3.8, 4) is 6.07 Å². The van der Waals surface area contributed by atoms with Crippen LogP contribution in [0.3, 0.4) is 0 Å². The molecular formula is C12H14N2O3. The third-order valence-electron chi connectivity index (χ3n) is 2.31. The third kappa shape index (κ3) is 3.03. The Labute approximate surface area is 99.5 Å². The van der Waals surface area contributed by atoms with Crippen LogP contribution in [0.15, 0.2) is 24.3 Å². The van der Waals surface area contributed by atoms with Gasteiger partial charge in [-0.05, 0) is 17.7 Å². The lowest BCUT2D eigenvalue weighted by molar-refractivity contribution is 0.0526. The molecule has 0 radical (unpaired) electrons. The summed E-state index contributed by atoms with van der Waals surface area (Å²) in [5.41, 5.74) is 0.739. The van der Waals surface area contributed by atoms with Gasteiger partial charge in [0, 0.05) is 19.7 Å². The van der Waals surface area contributed by atoms with E-state index >= 15 is 0 Å². The molecule has 90 valence electrons. The van der Waals surface area contributed by atoms with E-state index in [4.69, 9.17) is 5.26 Å². The lowest BCUT2D eigenvalue weighted by Gasteiger charge is -2.14. The molecule has 0 spiro atoms. The first kappa shape index (κ1) is 13.2. The van der Waals surface area contributed by atoms with Crippen molar-refractivity contribution >= 4 is 5.91 Å². The van der Waals surface area contributed by atoms with Gasteiger partial charge in [-0.2, -0.15) is 5.26 Å². The lowest BCUT2D eigenvalue weighted by atomic mass is 10.0. The fourth-order valence-corrected chi connectivity index (χ4v) is 1.37. The number of aliphatic hydroxyl groups excluding tert-OH is 2. The number of rotatable bonds is 3. The Hall–Kier alpha value is -1.90. The molecule has 1 aromatic carbocycles. The summed E-state index contributed by atoms with van der Waals surface area (Å²) in [6.45, 7) is 0. The van der Waals surface area contributed by atoms with Gasteiger partial charge in [0.15, 0.2) is 6.10 Å². The Balaban J connectivity index is 3.02. The molecule has 0 saturated heterocycles. The Morgan fingerprint density at radius 3 is 2.59 bits per heavy atom. The maximum Gasteiger partial charge on any atom is 0.253 e. The molecular weight excluding hydrogens is 220 g/mol. The highest BCUT2D eigenvalue weighted by Gasteiger charge is 2.19. The number of carbonyl (C=O) groups is 1. The van der Waals surface area contributed by atoms with Crippen molar-refractivity contribution in [2.75, 3.05) is 14.1 Å². The van der Waals surface area contributed by atoms with Gasteiger partial charge in [-0.15, -0.1) is 0 Å². The molecule has 0 fully saturated rings. The topological polar surface area (TPSA) is 84.6 Å². The van der Waals surface area contributed by atoms with Gasteiger partial charge >= 0.3 is 0 Å². The van der Waals surface area contributed by atoms with Crippen LogP contribution in [0.25, 0.3) is 0 Å². The Morgan fingerprint density at radius 2 is 2.06 bits per heavy atom. The van der Waals surface area contributed by atoms with Crippen molar-refractivity contribution in [2.24, 2.45) is 0 Å². The van der Waals surface area contributed by atoms with Crippen molar-refractivity contribution in [3.63, 3.8) is 0 Å². The van der Waals surface area contributed by atoms with E-state index in [-0.39, 0.29) is 5.91 Å². The van der Waals surface area contributed by atoms with Gasteiger partial charge < -0.3 is 15.1 Å². The fourth-order valence-electron chi connectivity index (χ4n) is 1.37. The highest BCUT2D eigenvalue weighted by Crippen LogP contribution is 2.18. The van der Waals surface area contributed by atoms with Crippen LogP contribution in [0.4, 0.5) is 0 Å². The molecule has 1 rings (SSSR count). The third-order valence-corrected chi connectivity index (χ3v) is 2.31. The van der Waals surface area contributed by atoms with Crippen LogP contribution < -0.4 is 0 Å². The Bertz CT molecular complexity index is 451. The first-order valence-corrected chi connectivity index (χ1v) is 5.04. The number of benzene rings is 1. The second-order valence-corrected chi connectivity index (χ2v) is 3.84. The summed E-state index contributed by atoms with van der Waals surface area (Å²) in [6.07, 6.45) is -2.81. The molecule has 2 unspecified atom stereocenters. The van der Waals surface area contributed by atoms with Gasteiger partial charge in [-0.25, -0.2) is 0 Å². The summed E-state index contributed by atoms with van der Waals surface area (Å²) in [5.74, 6) is -0.203. The first-order chi connectivity index (χ1) is 7.97. The number of carbonyl (C=O) groups excluding carboxylic acids is 1. The van der Waals surface area contributed by atoms with E-state index in [1.165, 1.54) is 11.0 Å². The number of nitrogens with zero attached hydrogens (tertiary/aromatic N) is 2. The van der Waals surface area contributed by atoms with Crippen molar-refractivity contribution in [2.45, 2.75) is 12.2 Å². The molecule has 0 aliphatic heterocycles. The van der Waals surface area contributed by atoms with Crippen molar-refractivity contribution < 1.29 is 15.0 Å². The smallest absolute Gasteiger partial charge is 0.253 e. The molecule has 0 aliphatic rings. The molecule has 0 aromatic heterocycles. The first-order valence-electron chi connectivity index (χ1n) is 5.04. The second-order valence-electron chi connectivity index (χ2n) is 3.84. The van der Waals surface area contributed by atoms with Crippen molar-refractivity contribution in [1.29, 1.82) is 5.26 Å². The lowest BCUT2D eigenvalue weighted by Crippen LogP contribution is -2.22. The zero-order chi connectivity index (χ0) is 13.0. The average Bonchev–Trinajstić information content (AvgIpc) is 2.35. The minimum Gasteiger partial charge on any atom is -0.385 e. The van der Waals surface area contributed by atoms with Gasteiger partial charge in [-0.1, -0.05) is 12.1 Å². The Kier molecular flexibility index (Phi) is 4.21. The van der Waals surface area contributed by atoms with Gasteiger partial charge in [0.2, 0.25) is 0 Å². The molecule has 0 heterocycles. The minimum absolute atomic E-state index is 0.203. The zero-order valence-electron chi connectivity index (χ0n) is 9.66. The second kappa shape index (κ2) is 5.43. The van der Waals surface area contributed by atoms with Crippen LogP contribution in [0.2, 0.25) is 0 Å². The standard InChI is InChI=1S/C12H14N2O3/c1-14(2)12(17)9-5-3-4-8(6-9)11(16)10(15)7-13/h3-6,10-11,15-16H,1-2H3. The summed E-state index contributed by atoms with van der Waals surface area (Å²) in [7, 11) is 3.24. The van der Waals surface area contributed by atoms with E-state index in [0.717, 1.165) is 0 Å². The van der Waals surface area contributed by atoms with Crippen LogP contribution in [0.1, 0.15) is 22.0 Å². The zero-order valence-corrected chi connectivity index (χ0v) is 9.66. The predicted molar refractivity (Wildman–Crippen MR) is 61.0 cm³/mol. The number of aliphatic hydroxyl groups is 2. The van der Waals surface area contributed by atoms with E-state index < -0.39 is 12.2 Å². The largest absolute Gasteiger partial charge is 0.385 e.